The van der Waals surface area contributed by atoms with E-state index in [4.69, 9.17) is 5.26 Å². The molecule has 0 saturated heterocycles. The molecule has 2 aromatic carbocycles. The summed E-state index contributed by atoms with van der Waals surface area (Å²) in [5.41, 5.74) is 2.42. The molecule has 0 unspecified atom stereocenters. The molecule has 0 aromatic heterocycles. The Balaban J connectivity index is 1.92. The Bertz CT molecular complexity index is 1030. The second-order valence-corrected chi connectivity index (χ2v) is 7.72. The molecule has 0 spiro atoms. The Morgan fingerprint density at radius 2 is 1.85 bits per heavy atom. The minimum atomic E-state index is -3.74. The van der Waals surface area contributed by atoms with E-state index in [2.05, 4.69) is 15.6 Å². The molecule has 1 heterocycles. The molecule has 3 rings (SSSR count). The smallest absolute Gasteiger partial charge is 0.285 e. The number of benzene rings is 2. The highest BCUT2D eigenvalue weighted by Gasteiger charge is 2.31. The molecule has 2 aromatic rings. The van der Waals surface area contributed by atoms with E-state index in [1.54, 1.807) is 24.4 Å². The van der Waals surface area contributed by atoms with Gasteiger partial charge in [0.1, 0.15) is 4.90 Å². The maximum atomic E-state index is 12.3. The Morgan fingerprint density at radius 3 is 2.52 bits per heavy atom. The highest BCUT2D eigenvalue weighted by Crippen LogP contribution is 2.27. The van der Waals surface area contributed by atoms with Crippen molar-refractivity contribution in [1.82, 2.24) is 5.01 Å². The van der Waals surface area contributed by atoms with Gasteiger partial charge >= 0.3 is 0 Å². The first-order chi connectivity index (χ1) is 12.9. The number of hydrogen-bond donors (Lipinski definition) is 0. The van der Waals surface area contributed by atoms with E-state index in [9.17, 15) is 8.42 Å². The number of nitriles is 1. The number of sulfonamides is 1. The Morgan fingerprint density at radius 1 is 1.15 bits per heavy atom. The number of fused-ring (bicyclic) bond motifs is 1. The van der Waals surface area contributed by atoms with Crippen LogP contribution in [-0.2, 0) is 10.0 Å². The van der Waals surface area contributed by atoms with Gasteiger partial charge in [-0.2, -0.15) is 18.8 Å². The number of nitrogens with zero attached hydrogens (tertiary/aromatic N) is 5. The lowest BCUT2D eigenvalue weighted by molar-refractivity contribution is 0.459. The summed E-state index contributed by atoms with van der Waals surface area (Å²) < 4.78 is 28.4. The van der Waals surface area contributed by atoms with Gasteiger partial charge in [-0.05, 0) is 29.8 Å². The zero-order chi connectivity index (χ0) is 19.4. The maximum absolute atomic E-state index is 12.3. The van der Waals surface area contributed by atoms with Crippen molar-refractivity contribution in [3.05, 3.63) is 59.7 Å². The van der Waals surface area contributed by atoms with E-state index in [1.165, 1.54) is 11.1 Å². The normalized spacial score (nSPS) is 14.5. The minimum Gasteiger partial charge on any atom is -0.378 e. The Hall–Kier alpha value is -3.18. The zero-order valence-electron chi connectivity index (χ0n) is 15.1. The van der Waals surface area contributed by atoms with Crippen molar-refractivity contribution in [2.24, 2.45) is 9.50 Å². The fourth-order valence-corrected chi connectivity index (χ4v) is 3.85. The highest BCUT2D eigenvalue weighted by molar-refractivity contribution is 7.90. The quantitative estimate of drug-likeness (QED) is 0.586. The summed E-state index contributed by atoms with van der Waals surface area (Å²) >= 11 is 0. The van der Waals surface area contributed by atoms with Gasteiger partial charge in [-0.1, -0.05) is 24.3 Å². The van der Waals surface area contributed by atoms with Crippen molar-refractivity contribution in [3.63, 3.8) is 0 Å². The monoisotopic (exact) mass is 381 g/mol. The second-order valence-electron chi connectivity index (χ2n) is 6.15. The van der Waals surface area contributed by atoms with Gasteiger partial charge in [-0.3, -0.25) is 0 Å². The van der Waals surface area contributed by atoms with Crippen LogP contribution in [0.2, 0.25) is 0 Å². The second kappa shape index (κ2) is 7.60. The summed E-state index contributed by atoms with van der Waals surface area (Å²) in [7, 11) is 0.183. The van der Waals surface area contributed by atoms with Gasteiger partial charge in [-0.15, -0.1) is 4.40 Å². The van der Waals surface area contributed by atoms with Crippen molar-refractivity contribution in [2.45, 2.75) is 11.3 Å². The molecule has 0 fully saturated rings. The molecule has 27 heavy (non-hydrogen) atoms. The van der Waals surface area contributed by atoms with Gasteiger partial charge in [0, 0.05) is 25.3 Å². The molecule has 7 nitrogen and oxygen atoms in total. The number of hydrazone groups is 1. The van der Waals surface area contributed by atoms with Gasteiger partial charge in [0.15, 0.2) is 5.84 Å². The lowest BCUT2D eigenvalue weighted by Crippen LogP contribution is -2.27. The van der Waals surface area contributed by atoms with Crippen LogP contribution in [0, 0.1) is 11.3 Å². The predicted molar refractivity (Wildman–Crippen MR) is 105 cm³/mol. The summed E-state index contributed by atoms with van der Waals surface area (Å²) in [6, 6.07) is 16.5. The number of rotatable bonds is 5. The molecule has 138 valence electrons. The molecule has 0 atom stereocenters. The zero-order valence-corrected chi connectivity index (χ0v) is 15.9. The molecule has 0 amide bonds. The maximum Gasteiger partial charge on any atom is 0.285 e. The van der Waals surface area contributed by atoms with E-state index in [-0.39, 0.29) is 23.7 Å². The van der Waals surface area contributed by atoms with Gasteiger partial charge in [0.25, 0.3) is 10.0 Å². The van der Waals surface area contributed by atoms with E-state index < -0.39 is 10.0 Å². The minimum absolute atomic E-state index is 0.160. The molecule has 0 bridgehead atoms. The van der Waals surface area contributed by atoms with Crippen LogP contribution < -0.4 is 4.90 Å². The van der Waals surface area contributed by atoms with Crippen LogP contribution >= 0.6 is 0 Å². The van der Waals surface area contributed by atoms with Crippen molar-refractivity contribution in [1.29, 1.82) is 5.26 Å². The molecule has 1 aliphatic rings. The van der Waals surface area contributed by atoms with E-state index in [0.717, 1.165) is 11.3 Å². The number of hydrogen-bond acceptors (Lipinski definition) is 6. The van der Waals surface area contributed by atoms with Crippen molar-refractivity contribution in [2.75, 3.05) is 25.5 Å². The van der Waals surface area contributed by atoms with Crippen LogP contribution in [0.5, 0.6) is 0 Å². The van der Waals surface area contributed by atoms with E-state index in [1.807, 2.05) is 43.3 Å². The highest BCUT2D eigenvalue weighted by atomic mass is 32.2. The summed E-state index contributed by atoms with van der Waals surface area (Å²) in [5, 5.41) is 14.8. The standard InChI is InChI=1S/C19H19N5O2S/c1-23(2)16-10-8-15(9-11-16)14-21-24(13-5-12-20)19-17-6-3-4-7-18(17)27(25,26)22-19/h3-4,6-11,14H,5,13H2,1-2H3. The van der Waals surface area contributed by atoms with Crippen LogP contribution in [0.1, 0.15) is 17.5 Å². The van der Waals surface area contributed by atoms with E-state index >= 15 is 0 Å². The fourth-order valence-electron chi connectivity index (χ4n) is 2.64. The van der Waals surface area contributed by atoms with Gasteiger partial charge in [0.05, 0.1) is 25.2 Å². The average Bonchev–Trinajstić information content (AvgIpc) is 2.94. The van der Waals surface area contributed by atoms with Crippen LogP contribution in [0.3, 0.4) is 0 Å². The molecule has 0 radical (unpaired) electrons. The fraction of sp³-hybridized carbons (Fsp3) is 0.211. The van der Waals surface area contributed by atoms with Crippen LogP contribution in [0.4, 0.5) is 5.69 Å². The first-order valence-electron chi connectivity index (χ1n) is 8.32. The lowest BCUT2D eigenvalue weighted by Gasteiger charge is -2.17. The first kappa shape index (κ1) is 18.6. The average molecular weight is 381 g/mol. The van der Waals surface area contributed by atoms with Crippen molar-refractivity contribution >= 4 is 27.8 Å². The molecule has 0 aliphatic carbocycles. The van der Waals surface area contributed by atoms with Crippen molar-refractivity contribution in [3.8, 4) is 6.07 Å². The van der Waals surface area contributed by atoms with Gasteiger partial charge < -0.3 is 4.90 Å². The van der Waals surface area contributed by atoms with Gasteiger partial charge in [0.2, 0.25) is 0 Å². The molecule has 8 heteroatoms. The summed E-state index contributed by atoms with van der Waals surface area (Å²) in [5.74, 6) is 0.238. The van der Waals surface area contributed by atoms with Gasteiger partial charge in [-0.25, -0.2) is 5.01 Å². The van der Waals surface area contributed by atoms with Crippen LogP contribution in [0.15, 0.2) is 62.9 Å². The molecular formula is C19H19N5O2S. The van der Waals surface area contributed by atoms with E-state index in [0.29, 0.717) is 5.56 Å². The summed E-state index contributed by atoms with van der Waals surface area (Å²) in [4.78, 5) is 2.15. The van der Waals surface area contributed by atoms with Crippen LogP contribution in [0.25, 0.3) is 0 Å². The Labute approximate surface area is 158 Å². The number of amidine groups is 1. The SMILES string of the molecule is CN(C)c1ccc(C=NN(CCC#N)C2=NS(=O)(=O)c3ccccc32)cc1. The third-order valence-corrected chi connectivity index (χ3v) is 5.37. The molecule has 0 saturated carbocycles. The third kappa shape index (κ3) is 3.99. The van der Waals surface area contributed by atoms with Crippen LogP contribution in [-0.4, -0.2) is 46.1 Å². The van der Waals surface area contributed by atoms with Crippen molar-refractivity contribution < 1.29 is 8.42 Å². The topological polar surface area (TPSA) is 89.1 Å². The summed E-state index contributed by atoms with van der Waals surface area (Å²) in [6.07, 6.45) is 1.82. The molecule has 0 N–H and O–H groups in total. The number of anilines is 1. The lowest BCUT2D eigenvalue weighted by atomic mass is 10.2. The first-order valence-corrected chi connectivity index (χ1v) is 9.76. The Kier molecular flexibility index (Phi) is 5.23. The third-order valence-electron chi connectivity index (χ3n) is 4.05. The summed E-state index contributed by atoms with van der Waals surface area (Å²) in [6.45, 7) is 0.242. The largest absolute Gasteiger partial charge is 0.378 e. The molecule has 1 aliphatic heterocycles. The predicted octanol–water partition coefficient (Wildman–Crippen LogP) is 2.45. The molecular weight excluding hydrogens is 362 g/mol.